The Kier molecular flexibility index (Phi) is 5.00. The van der Waals surface area contributed by atoms with E-state index in [1.807, 2.05) is 58.0 Å². The lowest BCUT2D eigenvalue weighted by Gasteiger charge is -2.31. The van der Waals surface area contributed by atoms with Crippen molar-refractivity contribution >= 4 is 23.2 Å². The molecular weight excluding hydrogens is 326 g/mol. The summed E-state index contributed by atoms with van der Waals surface area (Å²) in [5, 5.41) is 3.03. The highest BCUT2D eigenvalue weighted by Gasteiger charge is 2.37. The van der Waals surface area contributed by atoms with Crippen molar-refractivity contribution in [1.29, 1.82) is 0 Å². The molecule has 2 amide bonds. The third kappa shape index (κ3) is 4.37. The molecule has 5 nitrogen and oxygen atoms in total. The van der Waals surface area contributed by atoms with Crippen LogP contribution in [0.4, 0.5) is 11.4 Å². The van der Waals surface area contributed by atoms with Gasteiger partial charge in [0.2, 0.25) is 11.8 Å². The molecule has 0 aromatic heterocycles. The number of carbonyl (C=O) groups is 2. The molecule has 0 spiro atoms. The average molecular weight is 357 g/mol. The van der Waals surface area contributed by atoms with Gasteiger partial charge < -0.3 is 15.1 Å². The summed E-state index contributed by atoms with van der Waals surface area (Å²) >= 11 is 0. The molecule has 0 saturated heterocycles. The zero-order chi connectivity index (χ0) is 19.1. The van der Waals surface area contributed by atoms with E-state index in [-0.39, 0.29) is 17.7 Å². The second-order valence-corrected chi connectivity index (χ2v) is 8.92. The molecule has 0 radical (unpaired) electrons. The van der Waals surface area contributed by atoms with E-state index < -0.39 is 5.41 Å². The third-order valence-corrected chi connectivity index (χ3v) is 5.01. The molecule has 2 fully saturated rings. The first-order valence-corrected chi connectivity index (χ1v) is 9.59. The first kappa shape index (κ1) is 18.7. The third-order valence-electron chi connectivity index (χ3n) is 5.01. The van der Waals surface area contributed by atoms with Crippen molar-refractivity contribution in [3.8, 4) is 0 Å². The van der Waals surface area contributed by atoms with Crippen LogP contribution in [0.15, 0.2) is 18.2 Å². The highest BCUT2D eigenvalue weighted by Crippen LogP contribution is 2.35. The number of amides is 2. The molecule has 0 heterocycles. The minimum absolute atomic E-state index is 0.110. The largest absolute Gasteiger partial charge is 0.377 e. The highest BCUT2D eigenvalue weighted by atomic mass is 16.2. The van der Waals surface area contributed by atoms with E-state index >= 15 is 0 Å². The lowest BCUT2D eigenvalue weighted by atomic mass is 9.94. The summed E-state index contributed by atoms with van der Waals surface area (Å²) in [4.78, 5) is 29.1. The van der Waals surface area contributed by atoms with Crippen LogP contribution >= 0.6 is 0 Å². The Bertz CT molecular complexity index is 698. The Balaban J connectivity index is 1.85. The molecule has 2 aliphatic carbocycles. The number of nitrogens with one attached hydrogen (secondary N) is 1. The predicted octanol–water partition coefficient (Wildman–Crippen LogP) is 3.64. The van der Waals surface area contributed by atoms with Gasteiger partial charge in [0.15, 0.2) is 0 Å². The van der Waals surface area contributed by atoms with E-state index in [2.05, 4.69) is 10.2 Å². The Morgan fingerprint density at radius 2 is 1.77 bits per heavy atom. The summed E-state index contributed by atoms with van der Waals surface area (Å²) in [6.45, 7) is 6.51. The normalized spacial score (nSPS) is 17.0. The van der Waals surface area contributed by atoms with E-state index in [4.69, 9.17) is 0 Å². The molecule has 5 heteroatoms. The van der Waals surface area contributed by atoms with Gasteiger partial charge in [0.25, 0.3) is 0 Å². The summed E-state index contributed by atoms with van der Waals surface area (Å²) in [5.41, 5.74) is 2.59. The molecule has 2 saturated carbocycles. The first-order valence-electron chi connectivity index (χ1n) is 9.59. The number of benzene rings is 1. The lowest BCUT2D eigenvalue weighted by Crippen LogP contribution is -2.40. The topological polar surface area (TPSA) is 52.7 Å². The summed E-state index contributed by atoms with van der Waals surface area (Å²) < 4.78 is 0. The van der Waals surface area contributed by atoms with Crippen LogP contribution in [0, 0.1) is 11.3 Å². The van der Waals surface area contributed by atoms with Gasteiger partial charge in [0.1, 0.15) is 0 Å². The molecule has 1 N–H and O–H groups in total. The number of nitrogens with zero attached hydrogens (tertiary/aromatic N) is 2. The van der Waals surface area contributed by atoms with Crippen molar-refractivity contribution in [2.75, 3.05) is 24.3 Å². The fourth-order valence-electron chi connectivity index (χ4n) is 3.18. The molecule has 1 aromatic carbocycles. The fourth-order valence-corrected chi connectivity index (χ4v) is 3.18. The summed E-state index contributed by atoms with van der Waals surface area (Å²) in [6, 6.07) is 6.36. The second-order valence-electron chi connectivity index (χ2n) is 8.92. The molecule has 142 valence electrons. The maximum absolute atomic E-state index is 12.9. The van der Waals surface area contributed by atoms with Crippen LogP contribution in [0.2, 0.25) is 0 Å². The van der Waals surface area contributed by atoms with Gasteiger partial charge in [0.05, 0.1) is 0 Å². The van der Waals surface area contributed by atoms with Gasteiger partial charge in [-0.25, -0.2) is 0 Å². The van der Waals surface area contributed by atoms with Crippen LogP contribution in [0.5, 0.6) is 0 Å². The van der Waals surface area contributed by atoms with E-state index in [1.54, 1.807) is 0 Å². The molecular formula is C21H31N3O2. The first-order chi connectivity index (χ1) is 12.2. The van der Waals surface area contributed by atoms with Crippen LogP contribution in [0.25, 0.3) is 0 Å². The summed E-state index contributed by atoms with van der Waals surface area (Å²) in [6.07, 6.45) is 4.14. The number of carbonyl (C=O) groups excluding carboxylic acids is 2. The monoisotopic (exact) mass is 357 g/mol. The van der Waals surface area contributed by atoms with Crippen molar-refractivity contribution in [3.63, 3.8) is 0 Å². The summed E-state index contributed by atoms with van der Waals surface area (Å²) in [7, 11) is 4.02. The van der Waals surface area contributed by atoms with Gasteiger partial charge in [-0.15, -0.1) is 0 Å². The smallest absolute Gasteiger partial charge is 0.228 e. The van der Waals surface area contributed by atoms with Crippen LogP contribution in [0.1, 0.15) is 52.0 Å². The van der Waals surface area contributed by atoms with Crippen LogP contribution in [-0.4, -0.2) is 36.9 Å². The lowest BCUT2D eigenvalue weighted by molar-refractivity contribution is -0.140. The zero-order valence-electron chi connectivity index (χ0n) is 16.6. The van der Waals surface area contributed by atoms with Crippen LogP contribution in [-0.2, 0) is 16.1 Å². The Hall–Kier alpha value is -2.04. The minimum atomic E-state index is -0.390. The van der Waals surface area contributed by atoms with Crippen molar-refractivity contribution in [2.24, 2.45) is 11.3 Å². The van der Waals surface area contributed by atoms with Crippen molar-refractivity contribution in [3.05, 3.63) is 23.8 Å². The summed E-state index contributed by atoms with van der Waals surface area (Å²) in [5.74, 6) is 0.480. The fraction of sp³-hybridized carbons (Fsp3) is 0.619. The SMILES string of the molecule is CN(C)c1ccc(NC(=O)C2CC2)cc1CN(C(=O)C(C)(C)C)C1CC1. The Morgan fingerprint density at radius 3 is 2.27 bits per heavy atom. The van der Waals surface area contributed by atoms with Gasteiger partial charge >= 0.3 is 0 Å². The van der Waals surface area contributed by atoms with Crippen LogP contribution in [0.3, 0.4) is 0 Å². The standard InChI is InChI=1S/C21H31N3O2/c1-21(2,3)20(26)24(17-9-10-17)13-15-12-16(8-11-18(15)23(4)5)22-19(25)14-6-7-14/h8,11-12,14,17H,6-7,9-10,13H2,1-5H3,(H,22,25). The van der Waals surface area contributed by atoms with E-state index in [0.29, 0.717) is 12.6 Å². The molecule has 1 aromatic rings. The van der Waals surface area contributed by atoms with E-state index in [0.717, 1.165) is 42.6 Å². The molecule has 0 aliphatic heterocycles. The van der Waals surface area contributed by atoms with E-state index in [1.165, 1.54) is 0 Å². The Labute approximate surface area is 156 Å². The Morgan fingerprint density at radius 1 is 1.12 bits per heavy atom. The average Bonchev–Trinajstić information content (AvgIpc) is 3.44. The van der Waals surface area contributed by atoms with Gasteiger partial charge in [0, 0.05) is 49.4 Å². The maximum atomic E-state index is 12.9. The van der Waals surface area contributed by atoms with Gasteiger partial charge in [-0.1, -0.05) is 20.8 Å². The highest BCUT2D eigenvalue weighted by molar-refractivity contribution is 5.94. The quantitative estimate of drug-likeness (QED) is 0.846. The molecule has 26 heavy (non-hydrogen) atoms. The molecule has 0 unspecified atom stereocenters. The second kappa shape index (κ2) is 6.93. The van der Waals surface area contributed by atoms with Gasteiger partial charge in [-0.3, -0.25) is 9.59 Å². The van der Waals surface area contributed by atoms with E-state index in [9.17, 15) is 9.59 Å². The van der Waals surface area contributed by atoms with Crippen molar-refractivity contribution in [1.82, 2.24) is 4.90 Å². The number of hydrogen-bond donors (Lipinski definition) is 1. The van der Waals surface area contributed by atoms with Gasteiger partial charge in [-0.2, -0.15) is 0 Å². The molecule has 0 bridgehead atoms. The minimum Gasteiger partial charge on any atom is -0.377 e. The van der Waals surface area contributed by atoms with Gasteiger partial charge in [-0.05, 0) is 49.4 Å². The molecule has 2 aliphatic rings. The zero-order valence-corrected chi connectivity index (χ0v) is 16.6. The van der Waals surface area contributed by atoms with Crippen molar-refractivity contribution < 1.29 is 9.59 Å². The number of hydrogen-bond acceptors (Lipinski definition) is 3. The maximum Gasteiger partial charge on any atom is 0.228 e. The predicted molar refractivity (Wildman–Crippen MR) is 105 cm³/mol. The number of anilines is 2. The molecule has 0 atom stereocenters. The van der Waals surface area contributed by atoms with Crippen LogP contribution < -0.4 is 10.2 Å². The number of rotatable bonds is 6. The van der Waals surface area contributed by atoms with Crippen molar-refractivity contribution in [2.45, 2.75) is 59.0 Å². The molecule has 3 rings (SSSR count).